The number of carbonyl (C=O) groups is 2. The molecular formula is C32H34ClN7O4. The molecule has 2 aliphatic heterocycles. The van der Waals surface area contributed by atoms with Crippen molar-refractivity contribution in [2.45, 2.75) is 31.5 Å². The molecule has 2 aromatic carbocycles. The van der Waals surface area contributed by atoms with Crippen LogP contribution in [0.15, 0.2) is 67.4 Å². The number of aldehydes is 1. The second-order valence-corrected chi connectivity index (χ2v) is 10.8. The van der Waals surface area contributed by atoms with Gasteiger partial charge in [0.05, 0.1) is 36.1 Å². The fourth-order valence-electron chi connectivity index (χ4n) is 5.13. The Bertz CT molecular complexity index is 1560. The first kappa shape index (κ1) is 31.1. The summed E-state index contributed by atoms with van der Waals surface area (Å²) in [6.07, 6.45) is 9.19. The molecule has 1 amide bonds. The van der Waals surface area contributed by atoms with Crippen LogP contribution in [0.4, 0.5) is 5.95 Å². The lowest BCUT2D eigenvalue weighted by Gasteiger charge is -2.23. The van der Waals surface area contributed by atoms with Gasteiger partial charge in [-0.1, -0.05) is 48.0 Å². The van der Waals surface area contributed by atoms with Gasteiger partial charge in [0.2, 0.25) is 5.95 Å². The van der Waals surface area contributed by atoms with E-state index < -0.39 is 0 Å². The summed E-state index contributed by atoms with van der Waals surface area (Å²) >= 11 is 6.32. The van der Waals surface area contributed by atoms with Gasteiger partial charge in [-0.3, -0.25) is 4.79 Å². The molecule has 0 aliphatic carbocycles. The SMILES string of the molecule is CNC(CO)c1ccc(-c2cncnc2)cc1.O=CCN1Cc2ccc(-c3nc(NC4CCOCC4)ncc3Cl)cc2C1=O. The zero-order chi connectivity index (χ0) is 30.9. The summed E-state index contributed by atoms with van der Waals surface area (Å²) in [7, 11) is 1.83. The Balaban J connectivity index is 0.000000195. The maximum atomic E-state index is 12.5. The van der Waals surface area contributed by atoms with Crippen LogP contribution in [-0.2, 0) is 16.1 Å². The van der Waals surface area contributed by atoms with E-state index in [0.717, 1.165) is 60.2 Å². The van der Waals surface area contributed by atoms with Crippen molar-refractivity contribution in [3.8, 4) is 22.4 Å². The van der Waals surface area contributed by atoms with Crippen LogP contribution in [0.1, 0.15) is 40.4 Å². The highest BCUT2D eigenvalue weighted by molar-refractivity contribution is 6.33. The number of aliphatic hydroxyl groups excluding tert-OH is 1. The van der Waals surface area contributed by atoms with Gasteiger partial charge in [0.1, 0.15) is 12.6 Å². The van der Waals surface area contributed by atoms with Crippen LogP contribution in [0.25, 0.3) is 22.4 Å². The molecule has 1 saturated heterocycles. The molecule has 12 heteroatoms. The number of ether oxygens (including phenoxy) is 1. The number of halogens is 1. The number of hydrogen-bond acceptors (Lipinski definition) is 10. The maximum absolute atomic E-state index is 12.5. The van der Waals surface area contributed by atoms with Crippen molar-refractivity contribution in [1.82, 2.24) is 30.2 Å². The fourth-order valence-corrected chi connectivity index (χ4v) is 5.33. The molecule has 44 heavy (non-hydrogen) atoms. The second-order valence-electron chi connectivity index (χ2n) is 10.4. The van der Waals surface area contributed by atoms with E-state index in [-0.39, 0.29) is 31.1 Å². The highest BCUT2D eigenvalue weighted by Crippen LogP contribution is 2.31. The molecule has 6 rings (SSSR count). The van der Waals surface area contributed by atoms with Gasteiger partial charge in [0.15, 0.2) is 0 Å². The lowest BCUT2D eigenvalue weighted by atomic mass is 10.0. The van der Waals surface area contributed by atoms with E-state index in [0.29, 0.717) is 28.8 Å². The number of nitrogens with one attached hydrogen (secondary N) is 2. The lowest BCUT2D eigenvalue weighted by Crippen LogP contribution is -2.28. The van der Waals surface area contributed by atoms with Gasteiger partial charge in [0.25, 0.3) is 5.91 Å². The number of fused-ring (bicyclic) bond motifs is 1. The Kier molecular flexibility index (Phi) is 10.6. The predicted molar refractivity (Wildman–Crippen MR) is 167 cm³/mol. The number of likely N-dealkylation sites (N-methyl/N-ethyl adjacent to an activating group) is 1. The van der Waals surface area contributed by atoms with E-state index in [2.05, 4.69) is 30.6 Å². The highest BCUT2D eigenvalue weighted by Gasteiger charge is 2.27. The summed E-state index contributed by atoms with van der Waals surface area (Å²) in [5.41, 5.74) is 5.93. The molecule has 11 nitrogen and oxygen atoms in total. The predicted octanol–water partition coefficient (Wildman–Crippen LogP) is 3.94. The van der Waals surface area contributed by atoms with Gasteiger partial charge >= 0.3 is 0 Å². The molecule has 2 aromatic heterocycles. The number of hydrogen-bond donors (Lipinski definition) is 3. The number of aromatic nitrogens is 4. The molecular weight excluding hydrogens is 582 g/mol. The molecule has 3 N–H and O–H groups in total. The summed E-state index contributed by atoms with van der Waals surface area (Å²) < 4.78 is 5.37. The zero-order valence-corrected chi connectivity index (χ0v) is 25.1. The van der Waals surface area contributed by atoms with E-state index in [1.807, 2.05) is 43.4 Å². The molecule has 228 valence electrons. The van der Waals surface area contributed by atoms with Crippen LogP contribution in [0.3, 0.4) is 0 Å². The second kappa shape index (κ2) is 14.9. The summed E-state index contributed by atoms with van der Waals surface area (Å²) in [5, 5.41) is 16.0. The maximum Gasteiger partial charge on any atom is 0.254 e. The minimum absolute atomic E-state index is 0.0175. The van der Waals surface area contributed by atoms with Gasteiger partial charge < -0.3 is 30.2 Å². The first-order chi connectivity index (χ1) is 21.5. The Morgan fingerprint density at radius 3 is 2.48 bits per heavy atom. The molecule has 4 aromatic rings. The Morgan fingerprint density at radius 2 is 1.80 bits per heavy atom. The van der Waals surface area contributed by atoms with Crippen LogP contribution in [0.2, 0.25) is 5.02 Å². The monoisotopic (exact) mass is 615 g/mol. The summed E-state index contributed by atoms with van der Waals surface area (Å²) in [5.74, 6) is 0.361. The number of benzene rings is 2. The third kappa shape index (κ3) is 7.43. The van der Waals surface area contributed by atoms with E-state index in [4.69, 9.17) is 16.3 Å². The van der Waals surface area contributed by atoms with Crippen molar-refractivity contribution in [1.29, 1.82) is 0 Å². The van der Waals surface area contributed by atoms with Gasteiger partial charge in [-0.2, -0.15) is 0 Å². The molecule has 4 heterocycles. The number of carbonyl (C=O) groups excluding carboxylic acids is 2. The van der Waals surface area contributed by atoms with Crippen molar-refractivity contribution in [2.75, 3.05) is 38.7 Å². The number of aliphatic hydroxyl groups is 1. The van der Waals surface area contributed by atoms with E-state index in [1.54, 1.807) is 24.7 Å². The number of amides is 1. The van der Waals surface area contributed by atoms with Crippen LogP contribution in [0.5, 0.6) is 0 Å². The molecule has 1 unspecified atom stereocenters. The molecule has 0 saturated carbocycles. The Hall–Kier alpha value is -4.29. The van der Waals surface area contributed by atoms with Gasteiger partial charge in [0, 0.05) is 54.9 Å². The largest absolute Gasteiger partial charge is 0.394 e. The molecule has 2 aliphatic rings. The summed E-state index contributed by atoms with van der Waals surface area (Å²) in [6, 6.07) is 13.8. The molecule has 1 atom stereocenters. The first-order valence-electron chi connectivity index (χ1n) is 14.4. The van der Waals surface area contributed by atoms with Crippen LogP contribution < -0.4 is 10.6 Å². The van der Waals surface area contributed by atoms with Crippen molar-refractivity contribution >= 4 is 29.7 Å². The fraction of sp³-hybridized carbons (Fsp3) is 0.312. The summed E-state index contributed by atoms with van der Waals surface area (Å²) in [4.78, 5) is 41.5. The average molecular weight is 616 g/mol. The van der Waals surface area contributed by atoms with E-state index in [9.17, 15) is 14.7 Å². The van der Waals surface area contributed by atoms with Gasteiger partial charge in [-0.15, -0.1) is 0 Å². The van der Waals surface area contributed by atoms with Crippen molar-refractivity contribution < 1.29 is 19.4 Å². The van der Waals surface area contributed by atoms with Crippen LogP contribution in [0, 0.1) is 0 Å². The standard InChI is InChI=1S/C19H19ClN4O3.C13H15N3O/c20-16-10-21-19(22-14-3-7-27-8-4-14)23-17(16)12-1-2-13-11-24(5-6-25)18(26)15(13)9-12;1-14-13(8-17)11-4-2-10(3-5-11)12-6-15-9-16-7-12/h1-2,6,9-10,14H,3-5,7-8,11H2,(H,21,22,23);2-7,9,13-14,17H,8H2,1H3. The van der Waals surface area contributed by atoms with Crippen molar-refractivity contribution in [3.63, 3.8) is 0 Å². The average Bonchev–Trinajstić information content (AvgIpc) is 3.38. The number of anilines is 1. The number of rotatable bonds is 9. The normalized spacial score (nSPS) is 15.2. The van der Waals surface area contributed by atoms with E-state index >= 15 is 0 Å². The molecule has 0 bridgehead atoms. The first-order valence-corrected chi connectivity index (χ1v) is 14.7. The minimum atomic E-state index is -0.148. The lowest BCUT2D eigenvalue weighted by molar-refractivity contribution is -0.108. The molecule has 0 radical (unpaired) electrons. The van der Waals surface area contributed by atoms with Crippen molar-refractivity contribution in [2.24, 2.45) is 0 Å². The van der Waals surface area contributed by atoms with Crippen LogP contribution in [-0.4, -0.2) is 81.6 Å². The number of nitrogens with zero attached hydrogens (tertiary/aromatic N) is 5. The van der Waals surface area contributed by atoms with Crippen LogP contribution >= 0.6 is 11.6 Å². The minimum Gasteiger partial charge on any atom is -0.394 e. The van der Waals surface area contributed by atoms with Gasteiger partial charge in [-0.05, 0) is 42.6 Å². The molecule has 1 fully saturated rings. The van der Waals surface area contributed by atoms with Crippen molar-refractivity contribution in [3.05, 3.63) is 89.1 Å². The highest BCUT2D eigenvalue weighted by atomic mass is 35.5. The smallest absolute Gasteiger partial charge is 0.254 e. The zero-order valence-electron chi connectivity index (χ0n) is 24.3. The van der Waals surface area contributed by atoms with Gasteiger partial charge in [-0.25, -0.2) is 19.9 Å². The third-order valence-electron chi connectivity index (χ3n) is 7.59. The Morgan fingerprint density at radius 1 is 1.07 bits per heavy atom. The quantitative estimate of drug-likeness (QED) is 0.237. The van der Waals surface area contributed by atoms with E-state index in [1.165, 1.54) is 11.2 Å². The molecule has 0 spiro atoms. The summed E-state index contributed by atoms with van der Waals surface area (Å²) in [6.45, 7) is 2.08. The Labute approximate surface area is 260 Å². The third-order valence-corrected chi connectivity index (χ3v) is 7.87. The topological polar surface area (TPSA) is 142 Å².